The van der Waals surface area contributed by atoms with Crippen molar-refractivity contribution in [3.05, 3.63) is 60.8 Å². The first-order chi connectivity index (χ1) is 30.1. The number of rotatable bonds is 34. The van der Waals surface area contributed by atoms with Gasteiger partial charge in [0.1, 0.15) is 48.8 Å². The summed E-state index contributed by atoms with van der Waals surface area (Å²) in [6, 6.07) is -0.927. The summed E-state index contributed by atoms with van der Waals surface area (Å²) in [7, 11) is 0. The molecule has 14 nitrogen and oxygen atoms in total. The van der Waals surface area contributed by atoms with Crippen LogP contribution in [0.3, 0.4) is 0 Å². The Morgan fingerprint density at radius 3 is 1.71 bits per heavy atom. The Morgan fingerprint density at radius 2 is 1.11 bits per heavy atom. The summed E-state index contributed by atoms with van der Waals surface area (Å²) in [5.74, 6) is -0.268. The van der Waals surface area contributed by atoms with E-state index in [1.807, 2.05) is 6.08 Å². The zero-order chi connectivity index (χ0) is 45.4. The zero-order valence-corrected chi connectivity index (χ0v) is 37.6. The molecule has 0 aromatic rings. The zero-order valence-electron chi connectivity index (χ0n) is 37.6. The molecular formula is C48H83NO13. The molecular weight excluding hydrogens is 799 g/mol. The van der Waals surface area contributed by atoms with E-state index < -0.39 is 86.8 Å². The lowest BCUT2D eigenvalue weighted by molar-refractivity contribution is -0.359. The van der Waals surface area contributed by atoms with Crippen molar-refractivity contribution in [2.45, 2.75) is 216 Å². The van der Waals surface area contributed by atoms with Crippen LogP contribution in [-0.4, -0.2) is 140 Å². The average molecular weight is 882 g/mol. The summed E-state index contributed by atoms with van der Waals surface area (Å²) in [6.45, 7) is 2.60. The van der Waals surface area contributed by atoms with Gasteiger partial charge < -0.3 is 65.1 Å². The summed E-state index contributed by atoms with van der Waals surface area (Å²) in [5, 5.41) is 86.5. The van der Waals surface area contributed by atoms with E-state index in [0.29, 0.717) is 6.42 Å². The van der Waals surface area contributed by atoms with Crippen LogP contribution in [0.25, 0.3) is 0 Å². The van der Waals surface area contributed by atoms with Crippen molar-refractivity contribution in [2.75, 3.05) is 19.8 Å². The minimum atomic E-state index is -1.79. The second-order valence-corrected chi connectivity index (χ2v) is 16.5. The van der Waals surface area contributed by atoms with Gasteiger partial charge in [-0.05, 0) is 57.8 Å². The Hall–Kier alpha value is -2.31. The predicted molar refractivity (Wildman–Crippen MR) is 240 cm³/mol. The van der Waals surface area contributed by atoms with E-state index >= 15 is 0 Å². The van der Waals surface area contributed by atoms with E-state index in [-0.39, 0.29) is 18.9 Å². The molecule has 14 heteroatoms. The Labute approximate surface area is 371 Å². The third kappa shape index (κ3) is 22.5. The number of hydrogen-bond donors (Lipinski definition) is 9. The van der Waals surface area contributed by atoms with Crippen molar-refractivity contribution >= 4 is 5.91 Å². The number of hydrogen-bond acceptors (Lipinski definition) is 13. The number of unbranched alkanes of at least 4 members (excludes halogenated alkanes) is 13. The van der Waals surface area contributed by atoms with E-state index in [9.17, 15) is 45.6 Å². The smallest absolute Gasteiger partial charge is 0.220 e. The van der Waals surface area contributed by atoms with E-state index in [2.05, 4.69) is 67.8 Å². The Bertz CT molecular complexity index is 1270. The van der Waals surface area contributed by atoms with Gasteiger partial charge >= 0.3 is 0 Å². The van der Waals surface area contributed by atoms with Crippen molar-refractivity contribution in [3.63, 3.8) is 0 Å². The molecule has 0 aromatic heterocycles. The first kappa shape index (κ1) is 55.8. The van der Waals surface area contributed by atoms with Gasteiger partial charge in [0.2, 0.25) is 5.91 Å². The summed E-state index contributed by atoms with van der Waals surface area (Å²) >= 11 is 0. The molecule has 358 valence electrons. The Morgan fingerprint density at radius 1 is 0.597 bits per heavy atom. The number of nitrogens with one attached hydrogen (secondary N) is 1. The third-order valence-corrected chi connectivity index (χ3v) is 11.2. The molecule has 0 radical (unpaired) electrons. The monoisotopic (exact) mass is 882 g/mol. The normalized spacial score (nSPS) is 28.3. The maximum atomic E-state index is 13.1. The molecule has 1 amide bonds. The van der Waals surface area contributed by atoms with Crippen LogP contribution in [0, 0.1) is 0 Å². The fourth-order valence-electron chi connectivity index (χ4n) is 7.34. The maximum Gasteiger partial charge on any atom is 0.220 e. The van der Waals surface area contributed by atoms with Crippen LogP contribution in [0.1, 0.15) is 142 Å². The summed E-state index contributed by atoms with van der Waals surface area (Å²) in [6.07, 6.45) is 24.1. The lowest BCUT2D eigenvalue weighted by atomic mass is 9.97. The minimum Gasteiger partial charge on any atom is -0.394 e. The highest BCUT2D eigenvalue weighted by Crippen LogP contribution is 2.30. The number of aliphatic hydroxyl groups is 8. The van der Waals surface area contributed by atoms with Gasteiger partial charge in [0, 0.05) is 6.42 Å². The summed E-state index contributed by atoms with van der Waals surface area (Å²) < 4.78 is 22.6. The van der Waals surface area contributed by atoms with Crippen LogP contribution in [0.15, 0.2) is 60.8 Å². The highest BCUT2D eigenvalue weighted by molar-refractivity contribution is 5.76. The SMILES string of the molecule is CC/C=C\C/C=C\C/C=C\C/C=C\CCCCCCC(=O)NC(COC1OC(CO)C(OC2OC(CO)C(O)C(O)C2O)C(O)C1O)C(O)/C=C/CCCCCCCCCCC. The lowest BCUT2D eigenvalue weighted by Gasteiger charge is -2.46. The molecule has 9 N–H and O–H groups in total. The number of allylic oxidation sites excluding steroid dienone is 9. The molecule has 2 heterocycles. The van der Waals surface area contributed by atoms with Crippen LogP contribution in [0.2, 0.25) is 0 Å². The Kier molecular flexibility index (Phi) is 31.5. The molecule has 0 spiro atoms. The van der Waals surface area contributed by atoms with Crippen molar-refractivity contribution in [1.82, 2.24) is 5.32 Å². The first-order valence-corrected chi connectivity index (χ1v) is 23.5. The largest absolute Gasteiger partial charge is 0.394 e. The highest BCUT2D eigenvalue weighted by atomic mass is 16.7. The van der Waals surface area contributed by atoms with Crippen molar-refractivity contribution in [1.29, 1.82) is 0 Å². The van der Waals surface area contributed by atoms with Crippen LogP contribution in [-0.2, 0) is 23.7 Å². The molecule has 0 aliphatic carbocycles. The van der Waals surface area contributed by atoms with Crippen molar-refractivity contribution in [3.8, 4) is 0 Å². The third-order valence-electron chi connectivity index (χ3n) is 11.2. The van der Waals surface area contributed by atoms with Gasteiger partial charge in [-0.25, -0.2) is 0 Å². The number of carbonyl (C=O) groups is 1. The lowest BCUT2D eigenvalue weighted by Crippen LogP contribution is -2.65. The average Bonchev–Trinajstić information content (AvgIpc) is 3.27. The van der Waals surface area contributed by atoms with Crippen LogP contribution in [0.5, 0.6) is 0 Å². The molecule has 2 fully saturated rings. The van der Waals surface area contributed by atoms with E-state index in [1.54, 1.807) is 6.08 Å². The quantitative estimate of drug-likeness (QED) is 0.0304. The van der Waals surface area contributed by atoms with Gasteiger partial charge in [0.05, 0.1) is 32.0 Å². The fraction of sp³-hybridized carbons (Fsp3) is 0.771. The topological polar surface area (TPSA) is 228 Å². The fourth-order valence-corrected chi connectivity index (χ4v) is 7.34. The Balaban J connectivity index is 1.89. The minimum absolute atomic E-state index is 0.250. The first-order valence-electron chi connectivity index (χ1n) is 23.5. The number of amides is 1. The van der Waals surface area contributed by atoms with E-state index in [1.165, 1.54) is 38.5 Å². The number of carbonyl (C=O) groups excluding carboxylic acids is 1. The standard InChI is InChI=1S/C48H83NO13/c1-3-5-7-9-11-13-15-16-17-18-19-20-22-24-26-28-30-32-40(53)49-36(37(52)31-29-27-25-23-21-14-12-10-8-6-4-2)35-59-47-45(58)43(56)46(39(34-51)61-47)62-48-44(57)42(55)41(54)38(33-50)60-48/h5,7,11,13,16-17,19-20,29,31,36-39,41-48,50-52,54-58H,3-4,6,8-10,12,14-15,18,21-28,30,32-35H2,1-2H3,(H,49,53)/b7-5-,13-11-,17-16-,20-19-,31-29+. The molecule has 2 rings (SSSR count). The molecule has 2 saturated heterocycles. The highest BCUT2D eigenvalue weighted by Gasteiger charge is 2.50. The van der Waals surface area contributed by atoms with Crippen LogP contribution < -0.4 is 5.32 Å². The van der Waals surface area contributed by atoms with Gasteiger partial charge in [-0.3, -0.25) is 4.79 Å². The summed E-state index contributed by atoms with van der Waals surface area (Å²) in [4.78, 5) is 13.1. The molecule has 12 atom stereocenters. The van der Waals surface area contributed by atoms with Crippen molar-refractivity contribution in [2.24, 2.45) is 0 Å². The second kappa shape index (κ2) is 35.0. The molecule has 0 saturated carbocycles. The van der Waals surface area contributed by atoms with Gasteiger partial charge in [0.15, 0.2) is 12.6 Å². The van der Waals surface area contributed by atoms with Gasteiger partial charge in [-0.1, -0.05) is 139 Å². The molecule has 0 bridgehead atoms. The second-order valence-electron chi connectivity index (χ2n) is 16.5. The van der Waals surface area contributed by atoms with Crippen LogP contribution >= 0.6 is 0 Å². The van der Waals surface area contributed by atoms with Gasteiger partial charge in [0.25, 0.3) is 0 Å². The molecule has 12 unspecified atom stereocenters. The predicted octanol–water partition coefficient (Wildman–Crippen LogP) is 5.10. The molecule has 2 aliphatic heterocycles. The summed E-state index contributed by atoms with van der Waals surface area (Å²) in [5.41, 5.74) is 0. The van der Waals surface area contributed by atoms with Gasteiger partial charge in [-0.2, -0.15) is 0 Å². The molecule has 62 heavy (non-hydrogen) atoms. The van der Waals surface area contributed by atoms with Gasteiger partial charge in [-0.15, -0.1) is 0 Å². The number of aliphatic hydroxyl groups excluding tert-OH is 8. The van der Waals surface area contributed by atoms with E-state index in [4.69, 9.17) is 18.9 Å². The van der Waals surface area contributed by atoms with E-state index in [0.717, 1.165) is 77.0 Å². The molecule has 0 aromatic carbocycles. The molecule has 2 aliphatic rings. The van der Waals surface area contributed by atoms with Crippen LogP contribution in [0.4, 0.5) is 0 Å². The number of ether oxygens (including phenoxy) is 4. The van der Waals surface area contributed by atoms with Crippen molar-refractivity contribution < 1.29 is 64.6 Å². The maximum absolute atomic E-state index is 13.1.